The van der Waals surface area contributed by atoms with Crippen molar-refractivity contribution in [2.45, 2.75) is 6.92 Å². The van der Waals surface area contributed by atoms with Crippen molar-refractivity contribution in [3.05, 3.63) is 33.8 Å². The van der Waals surface area contributed by atoms with Crippen molar-refractivity contribution >= 4 is 22.2 Å². The van der Waals surface area contributed by atoms with Crippen molar-refractivity contribution in [1.29, 1.82) is 0 Å². The van der Waals surface area contributed by atoms with Crippen molar-refractivity contribution in [3.63, 3.8) is 0 Å². The molecule has 0 N–H and O–H groups in total. The fraction of sp³-hybridized carbons (Fsp3) is 0.125. The molecule has 0 aliphatic heterocycles. The molecule has 0 bridgehead atoms. The van der Waals surface area contributed by atoms with Gasteiger partial charge in [0.15, 0.2) is 0 Å². The summed E-state index contributed by atoms with van der Waals surface area (Å²) in [4.78, 5) is 10.2. The van der Waals surface area contributed by atoms with E-state index < -0.39 is 0 Å². The van der Waals surface area contributed by atoms with E-state index in [-0.39, 0.29) is 32.7 Å². The van der Waals surface area contributed by atoms with Gasteiger partial charge in [0.05, 0.1) is 6.29 Å². The molecule has 1 aromatic rings. The van der Waals surface area contributed by atoms with Gasteiger partial charge in [0, 0.05) is 32.7 Å². The number of aryl methyl sites for hydroxylation is 1. The van der Waals surface area contributed by atoms with Crippen LogP contribution in [-0.4, -0.2) is 6.29 Å². The standard InChI is InChI=1S/C8H6BrO.Y/c1-6-2-3-8(9)4-7(6)5-10;/h2-4H,1H3;/q-1;. The molecular weight excluding hydrogens is 281 g/mol. The van der Waals surface area contributed by atoms with Crippen molar-refractivity contribution in [3.8, 4) is 0 Å². The number of halogens is 1. The summed E-state index contributed by atoms with van der Waals surface area (Å²) in [5, 5.41) is 0. The fourth-order valence-electron chi connectivity index (χ4n) is 0.704. The summed E-state index contributed by atoms with van der Waals surface area (Å²) in [6, 6.07) is 5.53. The molecule has 0 saturated heterocycles. The number of benzene rings is 1. The van der Waals surface area contributed by atoms with Gasteiger partial charge in [0.1, 0.15) is 0 Å². The van der Waals surface area contributed by atoms with Gasteiger partial charge in [-0.3, -0.25) is 0 Å². The third kappa shape index (κ3) is 3.14. The Morgan fingerprint density at radius 3 is 2.55 bits per heavy atom. The first kappa shape index (κ1) is 11.5. The topological polar surface area (TPSA) is 17.1 Å². The Labute approximate surface area is 99.6 Å². The number of rotatable bonds is 1. The summed E-state index contributed by atoms with van der Waals surface area (Å²) in [5.74, 6) is 0. The minimum Gasteiger partial charge on any atom is -0.376 e. The fourth-order valence-corrected chi connectivity index (χ4v) is 1.07. The normalized spacial score (nSPS) is 8.55. The number of hydrogen-bond acceptors (Lipinski definition) is 1. The van der Waals surface area contributed by atoms with Gasteiger partial charge in [-0.05, 0) is 4.47 Å². The average Bonchev–Trinajstić information content (AvgIpc) is 1.94. The first-order valence-corrected chi connectivity index (χ1v) is 3.67. The Morgan fingerprint density at radius 2 is 2.09 bits per heavy atom. The van der Waals surface area contributed by atoms with E-state index in [2.05, 4.69) is 15.9 Å². The van der Waals surface area contributed by atoms with Crippen LogP contribution in [0.25, 0.3) is 0 Å². The SMILES string of the molecule is Cc1ccc(Br)cc1[C-]=O.[Y]. The van der Waals surface area contributed by atoms with E-state index in [0.717, 1.165) is 10.0 Å². The summed E-state index contributed by atoms with van der Waals surface area (Å²) in [7, 11) is 0. The Hall–Kier alpha value is 0.474. The Balaban J connectivity index is 0.000001000. The van der Waals surface area contributed by atoms with Gasteiger partial charge in [-0.25, -0.2) is 0 Å². The second kappa shape index (κ2) is 5.18. The molecule has 55 valence electrons. The van der Waals surface area contributed by atoms with Crippen LogP contribution in [0.15, 0.2) is 22.7 Å². The van der Waals surface area contributed by atoms with Crippen LogP contribution < -0.4 is 0 Å². The molecule has 0 fully saturated rings. The van der Waals surface area contributed by atoms with E-state index in [4.69, 9.17) is 0 Å². The third-order valence-corrected chi connectivity index (χ3v) is 1.80. The molecule has 1 rings (SSSR count). The van der Waals surface area contributed by atoms with E-state index in [1.807, 2.05) is 25.3 Å². The molecule has 1 aromatic carbocycles. The summed E-state index contributed by atoms with van der Waals surface area (Å²) < 4.78 is 0.913. The van der Waals surface area contributed by atoms with E-state index in [9.17, 15) is 4.79 Å². The zero-order valence-corrected chi connectivity index (χ0v) is 10.5. The smallest absolute Gasteiger partial charge is 0.0630 e. The number of carbonyl (C=O) groups excluding carboxylic acids is 1. The minimum atomic E-state index is 0. The predicted molar refractivity (Wildman–Crippen MR) is 43.7 cm³/mol. The first-order valence-electron chi connectivity index (χ1n) is 2.88. The maximum Gasteiger partial charge on any atom is 0.0630 e. The van der Waals surface area contributed by atoms with E-state index in [1.165, 1.54) is 0 Å². The van der Waals surface area contributed by atoms with Crippen molar-refractivity contribution in [2.75, 3.05) is 0 Å². The molecule has 0 aliphatic rings. The van der Waals surface area contributed by atoms with Gasteiger partial charge < -0.3 is 4.79 Å². The molecule has 0 atom stereocenters. The van der Waals surface area contributed by atoms with Crippen LogP contribution in [0.3, 0.4) is 0 Å². The second-order valence-corrected chi connectivity index (χ2v) is 2.98. The van der Waals surface area contributed by atoms with Gasteiger partial charge in [0.2, 0.25) is 0 Å². The van der Waals surface area contributed by atoms with Crippen LogP contribution in [0.4, 0.5) is 0 Å². The minimum absolute atomic E-state index is 0. The molecule has 1 nitrogen and oxygen atoms in total. The van der Waals surface area contributed by atoms with Crippen LogP contribution in [0.5, 0.6) is 0 Å². The van der Waals surface area contributed by atoms with Crippen molar-refractivity contribution < 1.29 is 37.5 Å². The Bertz CT molecular complexity index is 260. The Morgan fingerprint density at radius 1 is 1.45 bits per heavy atom. The van der Waals surface area contributed by atoms with Crippen molar-refractivity contribution in [2.24, 2.45) is 0 Å². The molecule has 0 amide bonds. The molecule has 0 aliphatic carbocycles. The Kier molecular flexibility index (Phi) is 5.40. The quantitative estimate of drug-likeness (QED) is 0.724. The van der Waals surface area contributed by atoms with Gasteiger partial charge in [-0.2, -0.15) is 0 Å². The zero-order chi connectivity index (χ0) is 7.56. The predicted octanol–water partition coefficient (Wildman–Crippen LogP) is 2.21. The third-order valence-electron chi connectivity index (χ3n) is 1.31. The van der Waals surface area contributed by atoms with Gasteiger partial charge in [-0.15, -0.1) is 23.3 Å². The van der Waals surface area contributed by atoms with Crippen LogP contribution in [-0.2, 0) is 37.5 Å². The molecule has 0 aromatic heterocycles. The second-order valence-electron chi connectivity index (χ2n) is 2.06. The molecule has 3 heteroatoms. The van der Waals surface area contributed by atoms with Crippen LogP contribution in [0.1, 0.15) is 11.1 Å². The monoisotopic (exact) mass is 286 g/mol. The largest absolute Gasteiger partial charge is 0.376 e. The van der Waals surface area contributed by atoms with E-state index >= 15 is 0 Å². The summed E-state index contributed by atoms with van der Waals surface area (Å²) in [5.41, 5.74) is 1.58. The molecule has 0 saturated carbocycles. The molecule has 11 heavy (non-hydrogen) atoms. The van der Waals surface area contributed by atoms with Crippen molar-refractivity contribution in [1.82, 2.24) is 0 Å². The van der Waals surface area contributed by atoms with Crippen LogP contribution in [0, 0.1) is 6.92 Å². The van der Waals surface area contributed by atoms with Gasteiger partial charge >= 0.3 is 0 Å². The van der Waals surface area contributed by atoms with Gasteiger partial charge in [0.25, 0.3) is 0 Å². The summed E-state index contributed by atoms with van der Waals surface area (Å²) in [6.45, 7) is 1.88. The van der Waals surface area contributed by atoms with Gasteiger partial charge in [-0.1, -0.05) is 28.9 Å². The van der Waals surface area contributed by atoms with Crippen LogP contribution >= 0.6 is 15.9 Å². The molecular formula is C8H6BrOY-. The maximum absolute atomic E-state index is 10.2. The molecule has 1 radical (unpaired) electrons. The molecule has 0 unspecified atom stereocenters. The molecule has 0 spiro atoms. The zero-order valence-electron chi connectivity index (χ0n) is 6.10. The maximum atomic E-state index is 10.2. The number of hydrogen-bond donors (Lipinski definition) is 0. The summed E-state index contributed by atoms with van der Waals surface area (Å²) in [6.07, 6.45) is 1.86. The van der Waals surface area contributed by atoms with Crippen LogP contribution in [0.2, 0.25) is 0 Å². The first-order chi connectivity index (χ1) is 4.74. The molecule has 0 heterocycles. The average molecular weight is 287 g/mol. The summed E-state index contributed by atoms with van der Waals surface area (Å²) >= 11 is 3.26. The van der Waals surface area contributed by atoms with E-state index in [1.54, 1.807) is 6.07 Å². The van der Waals surface area contributed by atoms with E-state index in [0.29, 0.717) is 5.56 Å².